The summed E-state index contributed by atoms with van der Waals surface area (Å²) in [5, 5.41) is 18.2. The number of fused-ring (bicyclic) bond motifs is 1. The molecule has 1 aliphatic heterocycles. The third kappa shape index (κ3) is 5.67. The monoisotopic (exact) mass is 540 g/mol. The van der Waals surface area contributed by atoms with E-state index < -0.39 is 27.5 Å². The number of nitrogens with zero attached hydrogens (tertiary/aromatic N) is 4. The molecule has 0 bridgehead atoms. The highest BCUT2D eigenvalue weighted by molar-refractivity contribution is 7.89. The molecule has 204 valence electrons. The first-order valence-electron chi connectivity index (χ1n) is 12.8. The van der Waals surface area contributed by atoms with Gasteiger partial charge in [-0.15, -0.1) is 5.10 Å². The number of carboxylic acids is 1. The predicted molar refractivity (Wildman–Crippen MR) is 143 cm³/mol. The van der Waals surface area contributed by atoms with Gasteiger partial charge in [-0.2, -0.15) is 4.31 Å². The molecule has 0 aliphatic carbocycles. The van der Waals surface area contributed by atoms with E-state index in [-0.39, 0.29) is 19.1 Å². The first kappa shape index (κ1) is 27.9. The van der Waals surface area contributed by atoms with Crippen molar-refractivity contribution in [1.29, 1.82) is 0 Å². The number of aryl methyl sites for hydroxylation is 2. The summed E-state index contributed by atoms with van der Waals surface area (Å²) in [5.74, 6) is -0.849. The molecule has 0 fully saturated rings. The molecule has 9 nitrogen and oxygen atoms in total. The molecule has 2 heterocycles. The zero-order valence-electron chi connectivity index (χ0n) is 22.6. The van der Waals surface area contributed by atoms with Gasteiger partial charge in [-0.05, 0) is 68.4 Å². The van der Waals surface area contributed by atoms with E-state index in [2.05, 4.69) is 17.2 Å². The lowest BCUT2D eigenvalue weighted by atomic mass is 9.81. The summed E-state index contributed by atoms with van der Waals surface area (Å²) in [6.07, 6.45) is 1.66. The number of carbonyl (C=O) groups is 1. The number of hydrogen-bond donors (Lipinski definition) is 1. The molecule has 0 saturated carbocycles. The molecule has 0 amide bonds. The largest absolute Gasteiger partial charge is 0.481 e. The fourth-order valence-electron chi connectivity index (χ4n) is 4.87. The van der Waals surface area contributed by atoms with Crippen LogP contribution in [0.1, 0.15) is 61.7 Å². The van der Waals surface area contributed by atoms with Crippen molar-refractivity contribution in [3.63, 3.8) is 0 Å². The van der Waals surface area contributed by atoms with Crippen molar-refractivity contribution in [2.24, 2.45) is 11.3 Å². The molecule has 1 unspecified atom stereocenters. The van der Waals surface area contributed by atoms with Gasteiger partial charge in [0.25, 0.3) is 0 Å². The van der Waals surface area contributed by atoms with E-state index in [9.17, 15) is 18.3 Å². The molecular weight excluding hydrogens is 504 g/mol. The molecule has 2 atom stereocenters. The number of rotatable bonds is 9. The van der Waals surface area contributed by atoms with Crippen LogP contribution in [-0.4, -0.2) is 45.3 Å². The summed E-state index contributed by atoms with van der Waals surface area (Å²) < 4.78 is 36.7. The average Bonchev–Trinajstić information content (AvgIpc) is 3.30. The summed E-state index contributed by atoms with van der Waals surface area (Å²) in [6, 6.07) is 12.8. The van der Waals surface area contributed by atoms with E-state index in [0.717, 1.165) is 16.7 Å². The number of aromatic nitrogens is 3. The van der Waals surface area contributed by atoms with E-state index >= 15 is 0 Å². The van der Waals surface area contributed by atoms with Gasteiger partial charge in [-0.1, -0.05) is 48.5 Å². The molecule has 0 saturated heterocycles. The molecule has 1 aromatic heterocycles. The Bertz CT molecular complexity index is 1420. The number of hydrogen-bond acceptors (Lipinski definition) is 6. The van der Waals surface area contributed by atoms with Gasteiger partial charge in [0.2, 0.25) is 10.0 Å². The minimum absolute atomic E-state index is 0.0966. The van der Waals surface area contributed by atoms with Gasteiger partial charge in [0, 0.05) is 19.6 Å². The normalized spacial score (nSPS) is 18.5. The van der Waals surface area contributed by atoms with Gasteiger partial charge in [-0.3, -0.25) is 9.48 Å². The number of sulfonamides is 1. The molecule has 38 heavy (non-hydrogen) atoms. The first-order valence-corrected chi connectivity index (χ1v) is 14.3. The van der Waals surface area contributed by atoms with Crippen molar-refractivity contribution in [1.82, 2.24) is 19.3 Å². The molecule has 3 aromatic rings. The van der Waals surface area contributed by atoms with Crippen LogP contribution in [0.25, 0.3) is 0 Å². The van der Waals surface area contributed by atoms with Crippen LogP contribution >= 0.6 is 0 Å². The predicted octanol–water partition coefficient (Wildman–Crippen LogP) is 4.36. The van der Waals surface area contributed by atoms with Crippen molar-refractivity contribution in [2.45, 2.75) is 71.7 Å². The molecule has 1 aliphatic rings. The maximum atomic E-state index is 13.6. The lowest BCUT2D eigenvalue weighted by Gasteiger charge is -2.31. The Morgan fingerprint density at radius 1 is 1.24 bits per heavy atom. The Hall–Kier alpha value is -3.08. The quantitative estimate of drug-likeness (QED) is 0.429. The van der Waals surface area contributed by atoms with E-state index in [4.69, 9.17) is 4.74 Å². The van der Waals surface area contributed by atoms with Crippen LogP contribution in [-0.2, 0) is 45.7 Å². The summed E-state index contributed by atoms with van der Waals surface area (Å²) >= 11 is 0. The van der Waals surface area contributed by atoms with Crippen molar-refractivity contribution >= 4 is 16.0 Å². The lowest BCUT2D eigenvalue weighted by Crippen LogP contribution is -2.34. The Morgan fingerprint density at radius 2 is 1.97 bits per heavy atom. The molecule has 4 rings (SSSR count). The number of aliphatic carboxylic acids is 1. The standard InChI is InChI=1S/C28H36N4O5S/c1-6-31-17-24(29-30-31)18-37-26(28(4,5)27(33)34)22-12-11-20(3)23(14-22)16-32-15-19(2)13-21-9-7-8-10-25(21)38(32,35)36/h7-12,14,17,19,26H,6,13,15-16,18H2,1-5H3,(H,33,34)/t19-,26?/m1/s1. The maximum Gasteiger partial charge on any atom is 0.312 e. The topological polar surface area (TPSA) is 115 Å². The highest BCUT2D eigenvalue weighted by Crippen LogP contribution is 2.39. The second kappa shape index (κ2) is 11.0. The van der Waals surface area contributed by atoms with Gasteiger partial charge >= 0.3 is 5.97 Å². The molecular formula is C28H36N4O5S. The van der Waals surface area contributed by atoms with Crippen LogP contribution in [0.3, 0.4) is 0 Å². The first-order chi connectivity index (χ1) is 17.9. The average molecular weight is 541 g/mol. The van der Waals surface area contributed by atoms with Crippen molar-refractivity contribution in [3.05, 3.63) is 76.6 Å². The summed E-state index contributed by atoms with van der Waals surface area (Å²) in [6.45, 7) is 10.5. The minimum atomic E-state index is -3.70. The smallest absolute Gasteiger partial charge is 0.312 e. The van der Waals surface area contributed by atoms with Gasteiger partial charge in [0.1, 0.15) is 5.69 Å². The van der Waals surface area contributed by atoms with Crippen LogP contribution in [0, 0.1) is 18.3 Å². The van der Waals surface area contributed by atoms with Crippen LogP contribution in [0.5, 0.6) is 0 Å². The second-order valence-corrected chi connectivity index (χ2v) is 12.6. The van der Waals surface area contributed by atoms with Crippen LogP contribution < -0.4 is 0 Å². The van der Waals surface area contributed by atoms with Crippen LogP contribution in [0.2, 0.25) is 0 Å². The van der Waals surface area contributed by atoms with E-state index in [1.807, 2.05) is 44.2 Å². The molecule has 2 aromatic carbocycles. The lowest BCUT2D eigenvalue weighted by molar-refractivity contribution is -0.158. The van der Waals surface area contributed by atoms with Crippen LogP contribution in [0.15, 0.2) is 53.6 Å². The molecule has 10 heteroatoms. The van der Waals surface area contributed by atoms with E-state index in [1.165, 1.54) is 4.31 Å². The van der Waals surface area contributed by atoms with Gasteiger partial charge in [0.05, 0.1) is 29.2 Å². The van der Waals surface area contributed by atoms with Gasteiger partial charge in [0.15, 0.2) is 0 Å². The zero-order chi connectivity index (χ0) is 27.7. The summed E-state index contributed by atoms with van der Waals surface area (Å²) in [5.41, 5.74) is 2.59. The zero-order valence-corrected chi connectivity index (χ0v) is 23.4. The third-order valence-electron chi connectivity index (χ3n) is 7.21. The van der Waals surface area contributed by atoms with Gasteiger partial charge in [-0.25, -0.2) is 8.42 Å². The maximum absolute atomic E-state index is 13.6. The Labute approximate surface area is 224 Å². The van der Waals surface area contributed by atoms with Gasteiger partial charge < -0.3 is 9.84 Å². The Kier molecular flexibility index (Phi) is 8.06. The van der Waals surface area contributed by atoms with E-state index in [0.29, 0.717) is 35.7 Å². The molecule has 1 N–H and O–H groups in total. The fourth-order valence-corrected chi connectivity index (χ4v) is 6.65. The van der Waals surface area contributed by atoms with Crippen molar-refractivity contribution < 1.29 is 23.1 Å². The SMILES string of the molecule is CCn1cc(COC(c2ccc(C)c(CN3C[C@H](C)Cc4ccccc4S3(=O)=O)c2)C(C)(C)C(=O)O)nn1. The van der Waals surface area contributed by atoms with E-state index in [1.54, 1.807) is 36.9 Å². The molecule has 0 radical (unpaired) electrons. The minimum Gasteiger partial charge on any atom is -0.481 e. The van der Waals surface area contributed by atoms with Crippen molar-refractivity contribution in [2.75, 3.05) is 6.54 Å². The summed E-state index contributed by atoms with van der Waals surface area (Å²) in [7, 11) is -3.70. The Balaban J connectivity index is 1.67. The fraction of sp³-hybridized carbons (Fsp3) is 0.464. The number of ether oxygens (including phenoxy) is 1. The second-order valence-electron chi connectivity index (χ2n) is 10.7. The van der Waals surface area contributed by atoms with Crippen molar-refractivity contribution in [3.8, 4) is 0 Å². The Morgan fingerprint density at radius 3 is 2.66 bits per heavy atom. The number of carboxylic acid groups (broad SMARTS) is 1. The molecule has 0 spiro atoms. The van der Waals surface area contributed by atoms with Crippen LogP contribution in [0.4, 0.5) is 0 Å². The third-order valence-corrected chi connectivity index (χ3v) is 9.12. The summed E-state index contributed by atoms with van der Waals surface area (Å²) in [4.78, 5) is 12.6. The highest BCUT2D eigenvalue weighted by atomic mass is 32.2. The number of benzene rings is 2. The highest BCUT2D eigenvalue weighted by Gasteiger charge is 2.40.